The molecular weight excluding hydrogens is 294 g/mol. The van der Waals surface area contributed by atoms with E-state index in [0.29, 0.717) is 0 Å². The SMILES string of the molecule is C(=Cc1ccccc1)C1=CCN(Cc2c[nH]c3ncccc23)CC1. The standard InChI is InChI=1S/C21H21N3/c1-2-5-17(6-3-1)8-9-18-10-13-24(14-11-18)16-19-15-23-21-20(19)7-4-12-22-21/h1-10,12,15H,11,13-14,16H2,(H,22,23). The molecule has 0 radical (unpaired) electrons. The molecule has 24 heavy (non-hydrogen) atoms. The number of hydrogen-bond donors (Lipinski definition) is 1. The highest BCUT2D eigenvalue weighted by Crippen LogP contribution is 2.20. The van der Waals surface area contributed by atoms with Crippen LogP contribution in [-0.2, 0) is 6.54 Å². The minimum atomic E-state index is 0.970. The van der Waals surface area contributed by atoms with Crippen LogP contribution in [0.25, 0.3) is 17.1 Å². The van der Waals surface area contributed by atoms with E-state index in [1.807, 2.05) is 12.3 Å². The smallest absolute Gasteiger partial charge is 0.137 e. The minimum absolute atomic E-state index is 0.970. The van der Waals surface area contributed by atoms with Crippen molar-refractivity contribution in [3.8, 4) is 0 Å². The maximum atomic E-state index is 4.37. The Labute approximate surface area is 142 Å². The van der Waals surface area contributed by atoms with Crippen LogP contribution in [0, 0.1) is 0 Å². The largest absolute Gasteiger partial charge is 0.346 e. The quantitative estimate of drug-likeness (QED) is 0.773. The van der Waals surface area contributed by atoms with E-state index in [-0.39, 0.29) is 0 Å². The fraction of sp³-hybridized carbons (Fsp3) is 0.190. The normalized spacial score (nSPS) is 15.9. The molecule has 0 atom stereocenters. The Morgan fingerprint density at radius 1 is 1.08 bits per heavy atom. The number of aromatic nitrogens is 2. The van der Waals surface area contributed by atoms with Crippen molar-refractivity contribution in [3.63, 3.8) is 0 Å². The molecule has 120 valence electrons. The predicted octanol–water partition coefficient (Wildman–Crippen LogP) is 4.41. The average molecular weight is 315 g/mol. The number of nitrogens with one attached hydrogen (secondary N) is 1. The molecule has 0 amide bonds. The van der Waals surface area contributed by atoms with Crippen molar-refractivity contribution in [1.29, 1.82) is 0 Å². The van der Waals surface area contributed by atoms with Gasteiger partial charge in [-0.05, 0) is 35.3 Å². The number of pyridine rings is 1. The van der Waals surface area contributed by atoms with Crippen LogP contribution >= 0.6 is 0 Å². The highest BCUT2D eigenvalue weighted by Gasteiger charge is 2.13. The molecule has 0 saturated carbocycles. The van der Waals surface area contributed by atoms with Gasteiger partial charge in [0, 0.05) is 37.4 Å². The molecule has 1 aliphatic rings. The third-order valence-electron chi connectivity index (χ3n) is 4.55. The number of nitrogens with zero attached hydrogens (tertiary/aromatic N) is 2. The number of benzene rings is 1. The number of fused-ring (bicyclic) bond motifs is 1. The van der Waals surface area contributed by atoms with Crippen molar-refractivity contribution in [1.82, 2.24) is 14.9 Å². The molecular formula is C21H21N3. The highest BCUT2D eigenvalue weighted by atomic mass is 15.1. The Morgan fingerprint density at radius 3 is 2.83 bits per heavy atom. The topological polar surface area (TPSA) is 31.9 Å². The van der Waals surface area contributed by atoms with E-state index >= 15 is 0 Å². The van der Waals surface area contributed by atoms with E-state index in [1.54, 1.807) is 0 Å². The van der Waals surface area contributed by atoms with Crippen LogP contribution in [-0.4, -0.2) is 28.0 Å². The molecule has 3 heterocycles. The van der Waals surface area contributed by atoms with Crippen LogP contribution < -0.4 is 0 Å². The molecule has 1 aliphatic heterocycles. The summed E-state index contributed by atoms with van der Waals surface area (Å²) < 4.78 is 0. The highest BCUT2D eigenvalue weighted by molar-refractivity contribution is 5.79. The molecule has 0 unspecified atom stereocenters. The van der Waals surface area contributed by atoms with Gasteiger partial charge in [0.15, 0.2) is 0 Å². The van der Waals surface area contributed by atoms with Crippen LogP contribution in [0.5, 0.6) is 0 Å². The van der Waals surface area contributed by atoms with E-state index < -0.39 is 0 Å². The Balaban J connectivity index is 1.40. The first kappa shape index (κ1) is 14.9. The Morgan fingerprint density at radius 2 is 2.00 bits per heavy atom. The first-order valence-electron chi connectivity index (χ1n) is 8.44. The second-order valence-electron chi connectivity index (χ2n) is 6.22. The summed E-state index contributed by atoms with van der Waals surface area (Å²) in [6, 6.07) is 14.6. The Bertz CT molecular complexity index is 874. The summed E-state index contributed by atoms with van der Waals surface area (Å²) in [7, 11) is 0. The first-order chi connectivity index (χ1) is 11.9. The molecule has 3 heteroatoms. The van der Waals surface area contributed by atoms with Crippen LogP contribution in [0.4, 0.5) is 0 Å². The second-order valence-corrected chi connectivity index (χ2v) is 6.22. The fourth-order valence-electron chi connectivity index (χ4n) is 3.17. The summed E-state index contributed by atoms with van der Waals surface area (Å²) in [5, 5.41) is 1.23. The van der Waals surface area contributed by atoms with E-state index in [9.17, 15) is 0 Å². The maximum absolute atomic E-state index is 4.37. The summed E-state index contributed by atoms with van der Waals surface area (Å²) in [6.07, 6.45) is 11.8. The Kier molecular flexibility index (Phi) is 4.26. The maximum Gasteiger partial charge on any atom is 0.137 e. The average Bonchev–Trinajstić information content (AvgIpc) is 3.05. The number of rotatable bonds is 4. The molecule has 4 rings (SSSR count). The molecule has 0 fully saturated rings. The number of allylic oxidation sites excluding steroid dienone is 1. The van der Waals surface area contributed by atoms with Crippen molar-refractivity contribution in [2.75, 3.05) is 13.1 Å². The van der Waals surface area contributed by atoms with Gasteiger partial charge in [0.25, 0.3) is 0 Å². The number of H-pyrrole nitrogens is 1. The monoisotopic (exact) mass is 315 g/mol. The van der Waals surface area contributed by atoms with Gasteiger partial charge in [0.05, 0.1) is 0 Å². The minimum Gasteiger partial charge on any atom is -0.346 e. The van der Waals surface area contributed by atoms with Crippen molar-refractivity contribution in [2.24, 2.45) is 0 Å². The van der Waals surface area contributed by atoms with Gasteiger partial charge in [0.2, 0.25) is 0 Å². The zero-order valence-corrected chi connectivity index (χ0v) is 13.7. The van der Waals surface area contributed by atoms with Gasteiger partial charge in [-0.25, -0.2) is 4.98 Å². The summed E-state index contributed by atoms with van der Waals surface area (Å²) in [5.74, 6) is 0. The molecule has 1 N–H and O–H groups in total. The number of hydrogen-bond acceptors (Lipinski definition) is 2. The van der Waals surface area contributed by atoms with Crippen LogP contribution in [0.3, 0.4) is 0 Å². The fourth-order valence-corrected chi connectivity index (χ4v) is 3.17. The van der Waals surface area contributed by atoms with Gasteiger partial charge >= 0.3 is 0 Å². The Hall–Kier alpha value is -2.65. The lowest BCUT2D eigenvalue weighted by molar-refractivity contribution is 0.288. The van der Waals surface area contributed by atoms with E-state index in [4.69, 9.17) is 0 Å². The second kappa shape index (κ2) is 6.85. The first-order valence-corrected chi connectivity index (χ1v) is 8.44. The third-order valence-corrected chi connectivity index (χ3v) is 4.55. The van der Waals surface area contributed by atoms with Gasteiger partial charge in [-0.1, -0.05) is 48.6 Å². The summed E-state index contributed by atoms with van der Waals surface area (Å²) in [4.78, 5) is 10.1. The van der Waals surface area contributed by atoms with Gasteiger partial charge < -0.3 is 4.98 Å². The molecule has 0 aliphatic carbocycles. The molecule has 0 spiro atoms. The lowest BCUT2D eigenvalue weighted by Crippen LogP contribution is -2.27. The van der Waals surface area contributed by atoms with Crippen molar-refractivity contribution < 1.29 is 0 Å². The lowest BCUT2D eigenvalue weighted by atomic mass is 10.1. The summed E-state index contributed by atoms with van der Waals surface area (Å²) >= 11 is 0. The lowest BCUT2D eigenvalue weighted by Gasteiger charge is -2.25. The van der Waals surface area contributed by atoms with E-state index in [2.05, 4.69) is 75.7 Å². The summed E-state index contributed by atoms with van der Waals surface area (Å²) in [5.41, 5.74) is 4.99. The van der Waals surface area contributed by atoms with Crippen molar-refractivity contribution >= 4 is 17.1 Å². The summed E-state index contributed by atoms with van der Waals surface area (Å²) in [6.45, 7) is 3.07. The van der Waals surface area contributed by atoms with Crippen LogP contribution in [0.1, 0.15) is 17.5 Å². The molecule has 0 saturated heterocycles. The molecule has 2 aromatic heterocycles. The van der Waals surface area contributed by atoms with Gasteiger partial charge in [-0.2, -0.15) is 0 Å². The van der Waals surface area contributed by atoms with Gasteiger partial charge in [-0.15, -0.1) is 0 Å². The molecule has 3 nitrogen and oxygen atoms in total. The van der Waals surface area contributed by atoms with Crippen LogP contribution in [0.2, 0.25) is 0 Å². The van der Waals surface area contributed by atoms with E-state index in [1.165, 1.54) is 22.1 Å². The third kappa shape index (κ3) is 3.31. The van der Waals surface area contributed by atoms with Crippen molar-refractivity contribution in [2.45, 2.75) is 13.0 Å². The predicted molar refractivity (Wildman–Crippen MR) is 99.5 cm³/mol. The zero-order chi connectivity index (χ0) is 16.2. The molecule has 0 bridgehead atoms. The van der Waals surface area contributed by atoms with Crippen molar-refractivity contribution in [3.05, 3.63) is 83.7 Å². The zero-order valence-electron chi connectivity index (χ0n) is 13.7. The van der Waals surface area contributed by atoms with Gasteiger partial charge in [0.1, 0.15) is 5.65 Å². The van der Waals surface area contributed by atoms with Crippen LogP contribution in [0.15, 0.2) is 72.6 Å². The van der Waals surface area contributed by atoms with E-state index in [0.717, 1.165) is 31.7 Å². The molecule has 1 aromatic carbocycles. The number of aromatic amines is 1. The van der Waals surface area contributed by atoms with Gasteiger partial charge in [-0.3, -0.25) is 4.90 Å². The molecule has 3 aromatic rings.